The van der Waals surface area contributed by atoms with Crippen LogP contribution in [0.3, 0.4) is 0 Å². The van der Waals surface area contributed by atoms with Crippen LogP contribution in [0.15, 0.2) is 0 Å². The Bertz CT molecular complexity index is 155. The van der Waals surface area contributed by atoms with E-state index < -0.39 is 0 Å². The molecule has 1 saturated carbocycles. The molecule has 0 spiro atoms. The van der Waals surface area contributed by atoms with Gasteiger partial charge in [-0.3, -0.25) is 0 Å². The molecule has 70 valence electrons. The molecule has 0 aromatic rings. The normalized spacial score (nSPS) is 48.5. The number of nitrogens with two attached hydrogens (primary N) is 1. The van der Waals surface area contributed by atoms with Gasteiger partial charge in [0.25, 0.3) is 0 Å². The highest BCUT2D eigenvalue weighted by Crippen LogP contribution is 2.32. The molecule has 1 heteroatoms. The highest BCUT2D eigenvalue weighted by Gasteiger charge is 2.37. The first-order valence-corrected chi connectivity index (χ1v) is 5.62. The fraction of sp³-hybridized carbons (Fsp3) is 1.00. The number of rotatable bonds is 0. The van der Waals surface area contributed by atoms with Gasteiger partial charge >= 0.3 is 0 Å². The van der Waals surface area contributed by atoms with Crippen molar-refractivity contribution in [1.29, 1.82) is 0 Å². The van der Waals surface area contributed by atoms with E-state index in [1.54, 1.807) is 0 Å². The zero-order valence-corrected chi connectivity index (χ0v) is 8.42. The van der Waals surface area contributed by atoms with Gasteiger partial charge in [-0.15, -0.1) is 0 Å². The smallest absolute Gasteiger partial charge is 0.0915 e. The lowest BCUT2D eigenvalue weighted by Gasteiger charge is -2.40. The van der Waals surface area contributed by atoms with Crippen molar-refractivity contribution in [2.75, 3.05) is 0 Å². The van der Waals surface area contributed by atoms with Crippen molar-refractivity contribution < 1.29 is 5.32 Å². The van der Waals surface area contributed by atoms with E-state index in [1.165, 1.54) is 32.1 Å². The van der Waals surface area contributed by atoms with E-state index in [4.69, 9.17) is 0 Å². The van der Waals surface area contributed by atoms with E-state index in [0.29, 0.717) is 0 Å². The molecule has 1 aliphatic heterocycles. The average molecular weight is 168 g/mol. The molecule has 0 aromatic heterocycles. The fourth-order valence-corrected chi connectivity index (χ4v) is 3.19. The zero-order chi connectivity index (χ0) is 8.55. The summed E-state index contributed by atoms with van der Waals surface area (Å²) >= 11 is 0. The first-order chi connectivity index (χ1) is 5.77. The van der Waals surface area contributed by atoms with E-state index in [9.17, 15) is 0 Å². The summed E-state index contributed by atoms with van der Waals surface area (Å²) in [6.45, 7) is 4.84. The third kappa shape index (κ3) is 1.52. The summed E-state index contributed by atoms with van der Waals surface area (Å²) in [5, 5.41) is 2.65. The molecule has 0 amide bonds. The largest absolute Gasteiger partial charge is 0.341 e. The van der Waals surface area contributed by atoms with Crippen LogP contribution in [0.4, 0.5) is 0 Å². The van der Waals surface area contributed by atoms with Gasteiger partial charge in [0.1, 0.15) is 0 Å². The molecule has 0 bridgehead atoms. The Morgan fingerprint density at radius 1 is 1.00 bits per heavy atom. The summed E-state index contributed by atoms with van der Waals surface area (Å²) in [4.78, 5) is 0. The number of piperidine rings is 1. The van der Waals surface area contributed by atoms with Gasteiger partial charge in [-0.2, -0.15) is 0 Å². The molecule has 0 aromatic carbocycles. The summed E-state index contributed by atoms with van der Waals surface area (Å²) in [6, 6.07) is 1.87. The summed E-state index contributed by atoms with van der Waals surface area (Å²) < 4.78 is 0. The topological polar surface area (TPSA) is 16.6 Å². The molecule has 1 aliphatic carbocycles. The first-order valence-electron chi connectivity index (χ1n) is 5.62. The van der Waals surface area contributed by atoms with Gasteiger partial charge in [0.15, 0.2) is 0 Å². The van der Waals surface area contributed by atoms with Crippen LogP contribution in [0.25, 0.3) is 0 Å². The van der Waals surface area contributed by atoms with Crippen LogP contribution in [0.5, 0.6) is 0 Å². The number of hydrogen-bond donors (Lipinski definition) is 1. The van der Waals surface area contributed by atoms with Crippen molar-refractivity contribution in [3.63, 3.8) is 0 Å². The molecule has 2 rings (SSSR count). The van der Waals surface area contributed by atoms with Crippen LogP contribution >= 0.6 is 0 Å². The van der Waals surface area contributed by atoms with E-state index >= 15 is 0 Å². The molecule has 4 atom stereocenters. The number of quaternary nitrogens is 1. The molecule has 0 radical (unpaired) electrons. The molecule has 2 N–H and O–H groups in total. The monoisotopic (exact) mass is 168 g/mol. The second-order valence-electron chi connectivity index (χ2n) is 4.99. The van der Waals surface area contributed by atoms with Crippen LogP contribution in [0.2, 0.25) is 0 Å². The average Bonchev–Trinajstić information content (AvgIpc) is 2.07. The van der Waals surface area contributed by atoms with Crippen molar-refractivity contribution in [2.24, 2.45) is 11.8 Å². The van der Waals surface area contributed by atoms with Crippen LogP contribution in [0.1, 0.15) is 46.0 Å². The second kappa shape index (κ2) is 3.37. The van der Waals surface area contributed by atoms with Crippen LogP contribution < -0.4 is 5.32 Å². The van der Waals surface area contributed by atoms with Gasteiger partial charge in [0.2, 0.25) is 0 Å². The third-order valence-corrected chi connectivity index (χ3v) is 3.98. The second-order valence-corrected chi connectivity index (χ2v) is 4.99. The van der Waals surface area contributed by atoms with Crippen LogP contribution in [0, 0.1) is 11.8 Å². The lowest BCUT2D eigenvalue weighted by molar-refractivity contribution is -0.741. The third-order valence-electron chi connectivity index (χ3n) is 3.98. The Morgan fingerprint density at radius 3 is 2.67 bits per heavy atom. The van der Waals surface area contributed by atoms with Crippen molar-refractivity contribution in [3.8, 4) is 0 Å². The SMILES string of the molecule is C[C@@H]1CC[C@H]2CCC[C@H](C)[C@@H]2[NH2+]1. The Labute approximate surface area is 75.9 Å². The quantitative estimate of drug-likeness (QED) is 0.565. The molecule has 1 saturated heterocycles. The van der Waals surface area contributed by atoms with Gasteiger partial charge in [-0.25, -0.2) is 0 Å². The fourth-order valence-electron chi connectivity index (χ4n) is 3.19. The number of hydrogen-bond acceptors (Lipinski definition) is 0. The standard InChI is InChI=1S/C11H21N/c1-8-4-3-5-10-7-6-9(2)12-11(8)10/h8-12H,3-7H2,1-2H3/p+1/t8-,9+,10+,11-/m0/s1. The number of fused-ring (bicyclic) bond motifs is 1. The lowest BCUT2D eigenvalue weighted by Crippen LogP contribution is -2.98. The summed E-state index contributed by atoms with van der Waals surface area (Å²) in [7, 11) is 0. The molecular weight excluding hydrogens is 146 g/mol. The van der Waals surface area contributed by atoms with Gasteiger partial charge in [0, 0.05) is 11.8 Å². The van der Waals surface area contributed by atoms with Crippen LogP contribution in [-0.2, 0) is 0 Å². The zero-order valence-electron chi connectivity index (χ0n) is 8.42. The minimum absolute atomic E-state index is 0.895. The molecular formula is C11H22N+. The molecule has 1 heterocycles. The van der Waals surface area contributed by atoms with Crippen molar-refractivity contribution in [1.82, 2.24) is 0 Å². The maximum atomic E-state index is 2.65. The Balaban J connectivity index is 2.00. The highest BCUT2D eigenvalue weighted by molar-refractivity contribution is 4.82. The van der Waals surface area contributed by atoms with Crippen molar-refractivity contribution >= 4 is 0 Å². The van der Waals surface area contributed by atoms with Gasteiger partial charge in [-0.1, -0.05) is 13.3 Å². The predicted octanol–water partition coefficient (Wildman–Crippen LogP) is 1.54. The minimum Gasteiger partial charge on any atom is -0.341 e. The Hall–Kier alpha value is -0.0400. The maximum absolute atomic E-state index is 2.65. The molecule has 2 fully saturated rings. The predicted molar refractivity (Wildman–Crippen MR) is 50.9 cm³/mol. The highest BCUT2D eigenvalue weighted by atomic mass is 15.0. The van der Waals surface area contributed by atoms with E-state index in [0.717, 1.165) is 23.9 Å². The maximum Gasteiger partial charge on any atom is 0.0915 e. The molecule has 2 aliphatic rings. The lowest BCUT2D eigenvalue weighted by atomic mass is 9.73. The first kappa shape index (κ1) is 8.55. The molecule has 1 nitrogen and oxygen atoms in total. The summed E-state index contributed by atoms with van der Waals surface area (Å²) in [5.41, 5.74) is 0. The van der Waals surface area contributed by atoms with Gasteiger partial charge in [0.05, 0.1) is 12.1 Å². The van der Waals surface area contributed by atoms with Gasteiger partial charge in [-0.05, 0) is 32.6 Å². The van der Waals surface area contributed by atoms with E-state index in [1.807, 2.05) is 0 Å². The van der Waals surface area contributed by atoms with Crippen LogP contribution in [-0.4, -0.2) is 12.1 Å². The van der Waals surface area contributed by atoms with Crippen molar-refractivity contribution in [3.05, 3.63) is 0 Å². The Kier molecular flexibility index (Phi) is 2.40. The summed E-state index contributed by atoms with van der Waals surface area (Å²) in [6.07, 6.45) is 7.44. The van der Waals surface area contributed by atoms with Crippen molar-refractivity contribution in [2.45, 2.75) is 58.0 Å². The van der Waals surface area contributed by atoms with E-state index in [2.05, 4.69) is 19.2 Å². The van der Waals surface area contributed by atoms with Gasteiger partial charge < -0.3 is 5.32 Å². The molecule has 0 unspecified atom stereocenters. The minimum atomic E-state index is 0.895. The van der Waals surface area contributed by atoms with E-state index in [-0.39, 0.29) is 0 Å². The summed E-state index contributed by atoms with van der Waals surface area (Å²) in [5.74, 6) is 2.04. The molecule has 12 heavy (non-hydrogen) atoms. The Morgan fingerprint density at radius 2 is 1.83 bits per heavy atom.